The number of alkyl halides is 5. The van der Waals surface area contributed by atoms with Gasteiger partial charge in [0.25, 0.3) is 17.5 Å². The summed E-state index contributed by atoms with van der Waals surface area (Å²) in [7, 11) is 0. The molecule has 0 aliphatic carbocycles. The van der Waals surface area contributed by atoms with E-state index in [4.69, 9.17) is 5.73 Å². The van der Waals surface area contributed by atoms with Gasteiger partial charge in [0.15, 0.2) is 5.82 Å². The van der Waals surface area contributed by atoms with Crippen molar-refractivity contribution in [2.24, 2.45) is 0 Å². The van der Waals surface area contributed by atoms with E-state index in [2.05, 4.69) is 20.4 Å². The minimum Gasteiger partial charge on any atom is -0.383 e. The van der Waals surface area contributed by atoms with Crippen LogP contribution in [0.5, 0.6) is 0 Å². The molecule has 3 aromatic heterocycles. The first-order valence-electron chi connectivity index (χ1n) is 11.5. The zero-order valence-electron chi connectivity index (χ0n) is 20.2. The predicted octanol–water partition coefficient (Wildman–Crippen LogP) is 4.50. The number of nitrogens with one attached hydrogen (secondary N) is 2. The van der Waals surface area contributed by atoms with E-state index in [9.17, 15) is 35.9 Å². The summed E-state index contributed by atoms with van der Waals surface area (Å²) in [4.78, 5) is 32.1. The van der Waals surface area contributed by atoms with Gasteiger partial charge in [-0.2, -0.15) is 18.3 Å². The van der Waals surface area contributed by atoms with Crippen LogP contribution in [0.2, 0.25) is 0 Å². The lowest BCUT2D eigenvalue weighted by Gasteiger charge is -2.18. The van der Waals surface area contributed by atoms with Gasteiger partial charge in [0, 0.05) is 25.0 Å². The Labute approximate surface area is 215 Å². The third-order valence-electron chi connectivity index (χ3n) is 5.97. The molecule has 4 rings (SSSR count). The summed E-state index contributed by atoms with van der Waals surface area (Å²) in [5, 5.41) is 8.20. The van der Waals surface area contributed by atoms with Gasteiger partial charge in [0.1, 0.15) is 17.2 Å². The van der Waals surface area contributed by atoms with E-state index in [1.807, 2.05) is 0 Å². The van der Waals surface area contributed by atoms with Gasteiger partial charge in [0.2, 0.25) is 0 Å². The van der Waals surface area contributed by atoms with Crippen molar-refractivity contribution in [3.8, 4) is 11.4 Å². The normalized spacial score (nSPS) is 12.7. The largest absolute Gasteiger partial charge is 0.423 e. The molecule has 39 heavy (non-hydrogen) atoms. The molecule has 15 heteroatoms. The Morgan fingerprint density at radius 3 is 2.59 bits per heavy atom. The van der Waals surface area contributed by atoms with Crippen molar-refractivity contribution < 1.29 is 26.3 Å². The van der Waals surface area contributed by atoms with Crippen LogP contribution < -0.4 is 22.2 Å². The highest BCUT2D eigenvalue weighted by Gasteiger charge is 2.37. The monoisotopic (exact) mass is 553 g/mol. The molecule has 0 aliphatic heterocycles. The number of aryl methyl sites for hydroxylation is 1. The van der Waals surface area contributed by atoms with E-state index in [0.717, 1.165) is 18.5 Å². The van der Waals surface area contributed by atoms with E-state index in [0.29, 0.717) is 18.2 Å². The summed E-state index contributed by atoms with van der Waals surface area (Å²) in [6.45, 7) is 1.79. The quantitative estimate of drug-likeness (QED) is 0.274. The number of aromatic nitrogens is 5. The van der Waals surface area contributed by atoms with Crippen LogP contribution in [0.25, 0.3) is 22.2 Å². The molecule has 0 amide bonds. The Kier molecular flexibility index (Phi) is 7.60. The molecule has 4 aromatic rings. The average molecular weight is 553 g/mol. The fraction of sp³-hybridized carbons (Fsp3) is 0.292. The molecule has 206 valence electrons. The number of anilines is 2. The topological polar surface area (TPSA) is 132 Å². The lowest BCUT2D eigenvalue weighted by molar-refractivity contribution is -0.138. The molecular weight excluding hydrogens is 532 g/mol. The number of nitrogens with two attached hydrogens (primary N) is 1. The van der Waals surface area contributed by atoms with Crippen LogP contribution in [-0.2, 0) is 12.7 Å². The summed E-state index contributed by atoms with van der Waals surface area (Å²) in [6, 6.07) is 3.35. The number of nitrogens with zero attached hydrogens (tertiary/aromatic N) is 4. The molecular formula is C24H21F6N7O2. The number of rotatable bonds is 8. The first kappa shape index (κ1) is 27.6. The summed E-state index contributed by atoms with van der Waals surface area (Å²) in [6.07, 6.45) is -3.91. The number of H-pyrrole nitrogens is 1. The van der Waals surface area contributed by atoms with Gasteiger partial charge in [-0.05, 0) is 43.4 Å². The number of hydrogen-bond acceptors (Lipinski definition) is 7. The first-order valence-corrected chi connectivity index (χ1v) is 11.5. The second-order valence-electron chi connectivity index (χ2n) is 8.74. The predicted molar refractivity (Wildman–Crippen MR) is 131 cm³/mol. The Hall–Kier alpha value is -4.43. The number of pyridine rings is 1. The van der Waals surface area contributed by atoms with Crippen molar-refractivity contribution in [3.05, 3.63) is 74.4 Å². The number of halogens is 6. The van der Waals surface area contributed by atoms with Gasteiger partial charge in [0.05, 0.1) is 28.4 Å². The van der Waals surface area contributed by atoms with Crippen molar-refractivity contribution in [1.82, 2.24) is 24.7 Å². The second kappa shape index (κ2) is 10.7. The number of fused-ring (bicyclic) bond motifs is 1. The molecule has 0 bridgehead atoms. The summed E-state index contributed by atoms with van der Waals surface area (Å²) in [5.74, 6) is -1.56. The van der Waals surface area contributed by atoms with E-state index >= 15 is 0 Å². The lowest BCUT2D eigenvalue weighted by atomic mass is 10.1. The van der Waals surface area contributed by atoms with Crippen LogP contribution >= 0.6 is 0 Å². The third-order valence-corrected chi connectivity index (χ3v) is 5.97. The summed E-state index contributed by atoms with van der Waals surface area (Å²) in [5.41, 5.74) is 1.12. The fourth-order valence-electron chi connectivity index (χ4n) is 4.05. The Balaban J connectivity index is 1.49. The molecule has 0 spiro atoms. The van der Waals surface area contributed by atoms with Crippen LogP contribution in [0.15, 0.2) is 46.4 Å². The molecule has 0 aliphatic rings. The van der Waals surface area contributed by atoms with Gasteiger partial charge in [-0.15, -0.1) is 0 Å². The molecule has 0 saturated carbocycles. The molecule has 1 atom stereocenters. The van der Waals surface area contributed by atoms with Gasteiger partial charge >= 0.3 is 6.18 Å². The zero-order valence-corrected chi connectivity index (χ0v) is 20.2. The van der Waals surface area contributed by atoms with E-state index in [1.165, 1.54) is 16.8 Å². The number of nitrogen functional groups attached to an aromatic ring is 1. The zero-order chi connectivity index (χ0) is 28.5. The second-order valence-corrected chi connectivity index (χ2v) is 8.74. The Morgan fingerprint density at radius 2 is 1.92 bits per heavy atom. The first-order chi connectivity index (χ1) is 18.4. The molecule has 0 radical (unpaired) electrons. The molecule has 3 heterocycles. The maximum Gasteiger partial charge on any atom is 0.423 e. The fourth-order valence-corrected chi connectivity index (χ4v) is 4.05. The summed E-state index contributed by atoms with van der Waals surface area (Å²) >= 11 is 0. The van der Waals surface area contributed by atoms with Gasteiger partial charge in [-0.1, -0.05) is 0 Å². The van der Waals surface area contributed by atoms with Crippen molar-refractivity contribution >= 4 is 22.3 Å². The molecule has 1 unspecified atom stereocenters. The van der Waals surface area contributed by atoms with Crippen LogP contribution in [0.1, 0.15) is 37.3 Å². The minimum absolute atomic E-state index is 0.0477. The van der Waals surface area contributed by atoms with Gasteiger partial charge in [-0.25, -0.2) is 28.2 Å². The van der Waals surface area contributed by atoms with Crippen LogP contribution in [0.3, 0.4) is 0 Å². The highest BCUT2D eigenvalue weighted by molar-refractivity contribution is 5.86. The van der Waals surface area contributed by atoms with Crippen LogP contribution in [0.4, 0.5) is 37.8 Å². The summed E-state index contributed by atoms with van der Waals surface area (Å²) < 4.78 is 81.7. The highest BCUT2D eigenvalue weighted by atomic mass is 19.4. The van der Waals surface area contributed by atoms with Crippen molar-refractivity contribution in [3.63, 3.8) is 0 Å². The van der Waals surface area contributed by atoms with Crippen LogP contribution in [0, 0.1) is 5.82 Å². The molecule has 1 aromatic carbocycles. The molecule has 9 nitrogen and oxygen atoms in total. The molecule has 0 saturated heterocycles. The number of aromatic amines is 1. The van der Waals surface area contributed by atoms with Crippen molar-refractivity contribution in [2.75, 3.05) is 11.1 Å². The Morgan fingerprint density at radius 1 is 1.18 bits per heavy atom. The van der Waals surface area contributed by atoms with E-state index in [-0.39, 0.29) is 23.3 Å². The maximum atomic E-state index is 14.9. The standard InChI is InChI=1S/C24H21F6N7O2/c1-11(34-17-10-33-36-22(38)18(17)24(28,29)30)3-2-5-37-6-4-12-7-14(16(25)8-13(12)23(37)39)21-32-9-15(19(26)27)20(31)35-21/h4,6-11,19H,2-3,5H2,1H3,(H2,31,32,35)(H2,34,36,38). The maximum absolute atomic E-state index is 14.9. The third kappa shape index (κ3) is 5.86. The van der Waals surface area contributed by atoms with E-state index < -0.39 is 58.2 Å². The van der Waals surface area contributed by atoms with Crippen LogP contribution in [-0.4, -0.2) is 30.8 Å². The van der Waals surface area contributed by atoms with Crippen molar-refractivity contribution in [2.45, 2.75) is 45.0 Å². The lowest BCUT2D eigenvalue weighted by Crippen LogP contribution is -2.27. The van der Waals surface area contributed by atoms with Crippen molar-refractivity contribution in [1.29, 1.82) is 0 Å². The van der Waals surface area contributed by atoms with E-state index in [1.54, 1.807) is 18.1 Å². The number of benzene rings is 1. The number of hydrogen-bond donors (Lipinski definition) is 3. The highest BCUT2D eigenvalue weighted by Crippen LogP contribution is 2.32. The SMILES string of the molecule is CC(CCCn1ccc2cc(-c3ncc(C(F)F)c(N)n3)c(F)cc2c1=O)Nc1cn[nH]c(=O)c1C(F)(F)F. The van der Waals surface area contributed by atoms with Gasteiger partial charge < -0.3 is 15.6 Å². The van der Waals surface area contributed by atoms with Gasteiger partial charge in [-0.3, -0.25) is 9.59 Å². The average Bonchev–Trinajstić information content (AvgIpc) is 2.84. The Bertz CT molecular complexity index is 1630. The minimum atomic E-state index is -4.87. The smallest absolute Gasteiger partial charge is 0.383 e. The molecule has 0 fully saturated rings. The molecule has 4 N–H and O–H groups in total.